The minimum Gasteiger partial charge on any atom is -0.488 e. The summed E-state index contributed by atoms with van der Waals surface area (Å²) in [5, 5.41) is 9.70. The number of carbonyl (C=O) groups is 1. The molecule has 1 saturated heterocycles. The van der Waals surface area contributed by atoms with E-state index in [0.29, 0.717) is 23.8 Å². The van der Waals surface area contributed by atoms with Gasteiger partial charge >= 0.3 is 0 Å². The van der Waals surface area contributed by atoms with Gasteiger partial charge in [0, 0.05) is 25.2 Å². The summed E-state index contributed by atoms with van der Waals surface area (Å²) in [4.78, 5) is 14.9. The summed E-state index contributed by atoms with van der Waals surface area (Å²) in [6, 6.07) is 15.8. The number of piperidine rings is 1. The number of aliphatic hydroxyl groups excluding tert-OH is 1. The molecule has 2 aromatic rings. The van der Waals surface area contributed by atoms with Crippen LogP contribution in [0.4, 0.5) is 0 Å². The van der Waals surface area contributed by atoms with Gasteiger partial charge in [-0.05, 0) is 60.9 Å². The maximum absolute atomic E-state index is 12.9. The molecule has 1 amide bonds. The first-order chi connectivity index (χ1) is 13.6. The van der Waals surface area contributed by atoms with E-state index >= 15 is 0 Å². The lowest BCUT2D eigenvalue weighted by atomic mass is 9.88. The molecule has 2 fully saturated rings. The van der Waals surface area contributed by atoms with Crippen molar-refractivity contribution in [2.24, 2.45) is 5.73 Å². The molecule has 0 radical (unpaired) electrons. The largest absolute Gasteiger partial charge is 0.488 e. The first kappa shape index (κ1) is 19.0. The average Bonchev–Trinajstić information content (AvgIpc) is 2.76. The van der Waals surface area contributed by atoms with Crippen molar-refractivity contribution in [3.63, 3.8) is 0 Å². The van der Waals surface area contributed by atoms with Gasteiger partial charge in [-0.1, -0.05) is 30.3 Å². The molecule has 0 spiro atoms. The van der Waals surface area contributed by atoms with Crippen LogP contribution in [0.3, 0.4) is 0 Å². The van der Waals surface area contributed by atoms with Gasteiger partial charge in [-0.2, -0.15) is 0 Å². The summed E-state index contributed by atoms with van der Waals surface area (Å²) in [6.07, 6.45) is 3.03. The molecule has 0 bridgehead atoms. The maximum atomic E-state index is 12.9. The third-order valence-corrected chi connectivity index (χ3v) is 5.98. The molecule has 28 heavy (non-hydrogen) atoms. The molecule has 3 N–H and O–H groups in total. The van der Waals surface area contributed by atoms with Gasteiger partial charge in [0.1, 0.15) is 11.9 Å². The van der Waals surface area contributed by atoms with Crippen LogP contribution in [-0.4, -0.2) is 41.2 Å². The molecule has 2 atom stereocenters. The molecule has 5 heteroatoms. The number of hydrogen-bond donors (Lipinski definition) is 2. The molecule has 0 aromatic heterocycles. The molecular formula is C23H28N2O3. The summed E-state index contributed by atoms with van der Waals surface area (Å²) in [5.41, 5.74) is 8.89. The number of rotatable bonds is 5. The van der Waals surface area contributed by atoms with E-state index in [2.05, 4.69) is 24.3 Å². The Morgan fingerprint density at radius 1 is 1.07 bits per heavy atom. The standard InChI is InChI=1S/C23H28N2O3/c24-15-16-3-1-4-18(13-16)17-9-11-25(12-10-17)23(27)19-5-2-6-20(14-19)28-22-8-7-21(22)26/h1-6,13-14,17,21-22,26H,7-12,15,24H2. The Bertz CT molecular complexity index is 830. The van der Waals surface area contributed by atoms with Gasteiger partial charge in [-0.3, -0.25) is 4.79 Å². The van der Waals surface area contributed by atoms with Gasteiger partial charge in [0.2, 0.25) is 0 Å². The van der Waals surface area contributed by atoms with Crippen molar-refractivity contribution < 1.29 is 14.6 Å². The van der Waals surface area contributed by atoms with E-state index in [9.17, 15) is 9.90 Å². The highest BCUT2D eigenvalue weighted by Crippen LogP contribution is 2.30. The van der Waals surface area contributed by atoms with E-state index in [4.69, 9.17) is 10.5 Å². The zero-order valence-corrected chi connectivity index (χ0v) is 16.1. The highest BCUT2D eigenvalue weighted by atomic mass is 16.5. The lowest BCUT2D eigenvalue weighted by Crippen LogP contribution is -2.41. The minimum absolute atomic E-state index is 0.0498. The molecule has 1 heterocycles. The van der Waals surface area contributed by atoms with Crippen LogP contribution >= 0.6 is 0 Å². The molecule has 2 aromatic carbocycles. The van der Waals surface area contributed by atoms with Gasteiger partial charge in [0.05, 0.1) is 6.10 Å². The van der Waals surface area contributed by atoms with Gasteiger partial charge in [0.25, 0.3) is 5.91 Å². The Balaban J connectivity index is 1.37. The molecule has 1 saturated carbocycles. The first-order valence-electron chi connectivity index (χ1n) is 10.2. The lowest BCUT2D eigenvalue weighted by molar-refractivity contribution is -0.0361. The molecule has 2 unspecified atom stereocenters. The van der Waals surface area contributed by atoms with Gasteiger partial charge < -0.3 is 20.5 Å². The molecule has 148 valence electrons. The normalized spacial score (nSPS) is 22.6. The Morgan fingerprint density at radius 3 is 2.54 bits per heavy atom. The van der Waals surface area contributed by atoms with Gasteiger partial charge in [-0.25, -0.2) is 0 Å². The molecule has 4 rings (SSSR count). The van der Waals surface area contributed by atoms with Crippen LogP contribution in [0, 0.1) is 0 Å². The van der Waals surface area contributed by atoms with E-state index in [1.54, 1.807) is 6.07 Å². The predicted molar refractivity (Wildman–Crippen MR) is 108 cm³/mol. The van der Waals surface area contributed by atoms with E-state index in [1.165, 1.54) is 5.56 Å². The topological polar surface area (TPSA) is 75.8 Å². The molecule has 5 nitrogen and oxygen atoms in total. The second-order valence-electron chi connectivity index (χ2n) is 7.84. The third kappa shape index (κ3) is 4.05. The quantitative estimate of drug-likeness (QED) is 0.836. The number of nitrogens with two attached hydrogens (primary N) is 1. The van der Waals surface area contributed by atoms with Crippen LogP contribution in [0.25, 0.3) is 0 Å². The molecular weight excluding hydrogens is 352 g/mol. The highest BCUT2D eigenvalue weighted by molar-refractivity contribution is 5.94. The summed E-state index contributed by atoms with van der Waals surface area (Å²) in [7, 11) is 0. The van der Waals surface area contributed by atoms with Crippen LogP contribution in [0.15, 0.2) is 48.5 Å². The van der Waals surface area contributed by atoms with Crippen molar-refractivity contribution >= 4 is 5.91 Å². The smallest absolute Gasteiger partial charge is 0.253 e. The van der Waals surface area contributed by atoms with E-state index < -0.39 is 6.10 Å². The number of ether oxygens (including phenoxy) is 1. The summed E-state index contributed by atoms with van der Waals surface area (Å²) in [6.45, 7) is 2.06. The Morgan fingerprint density at radius 2 is 1.86 bits per heavy atom. The van der Waals surface area contributed by atoms with Gasteiger partial charge in [0.15, 0.2) is 0 Å². The fourth-order valence-electron chi connectivity index (χ4n) is 4.04. The second kappa shape index (κ2) is 8.33. The van der Waals surface area contributed by atoms with Crippen LogP contribution in [-0.2, 0) is 6.54 Å². The fourth-order valence-corrected chi connectivity index (χ4v) is 4.04. The predicted octanol–water partition coefficient (Wildman–Crippen LogP) is 3.07. The van der Waals surface area contributed by atoms with Crippen molar-refractivity contribution in [1.29, 1.82) is 0 Å². The lowest BCUT2D eigenvalue weighted by Gasteiger charge is -2.33. The zero-order valence-electron chi connectivity index (χ0n) is 16.1. The summed E-state index contributed by atoms with van der Waals surface area (Å²) in [5.74, 6) is 1.18. The summed E-state index contributed by atoms with van der Waals surface area (Å²) < 4.78 is 5.81. The Hall–Kier alpha value is -2.37. The molecule has 2 aliphatic rings. The number of hydrogen-bond acceptors (Lipinski definition) is 4. The summed E-state index contributed by atoms with van der Waals surface area (Å²) >= 11 is 0. The van der Waals surface area contributed by atoms with E-state index in [0.717, 1.165) is 44.3 Å². The number of likely N-dealkylation sites (tertiary alicyclic amines) is 1. The van der Waals surface area contributed by atoms with Gasteiger partial charge in [-0.15, -0.1) is 0 Å². The minimum atomic E-state index is -0.392. The zero-order chi connectivity index (χ0) is 19.5. The van der Waals surface area contributed by atoms with Crippen molar-refractivity contribution in [3.05, 3.63) is 65.2 Å². The van der Waals surface area contributed by atoms with Crippen LogP contribution in [0.1, 0.15) is 53.1 Å². The number of carbonyl (C=O) groups excluding carboxylic acids is 1. The number of nitrogens with zero attached hydrogens (tertiary/aromatic N) is 1. The van der Waals surface area contributed by atoms with Crippen molar-refractivity contribution in [1.82, 2.24) is 4.90 Å². The first-order valence-corrected chi connectivity index (χ1v) is 10.2. The monoisotopic (exact) mass is 380 g/mol. The maximum Gasteiger partial charge on any atom is 0.253 e. The highest BCUT2D eigenvalue weighted by Gasteiger charge is 2.31. The van der Waals surface area contributed by atoms with Crippen molar-refractivity contribution in [2.75, 3.05) is 13.1 Å². The number of amides is 1. The van der Waals surface area contributed by atoms with E-state index in [1.807, 2.05) is 23.1 Å². The number of aliphatic hydroxyl groups is 1. The Kier molecular flexibility index (Phi) is 5.64. The third-order valence-electron chi connectivity index (χ3n) is 5.98. The number of benzene rings is 2. The van der Waals surface area contributed by atoms with E-state index in [-0.39, 0.29) is 12.0 Å². The van der Waals surface area contributed by atoms with Crippen LogP contribution < -0.4 is 10.5 Å². The Labute approximate surface area is 166 Å². The fraction of sp³-hybridized carbons (Fsp3) is 0.435. The SMILES string of the molecule is NCc1cccc(C2CCN(C(=O)c3cccc(OC4CCC4O)c3)CC2)c1. The molecule has 1 aliphatic carbocycles. The second-order valence-corrected chi connectivity index (χ2v) is 7.84. The van der Waals surface area contributed by atoms with Crippen molar-refractivity contribution in [2.45, 2.75) is 50.4 Å². The average molecular weight is 380 g/mol. The molecule has 1 aliphatic heterocycles. The van der Waals surface area contributed by atoms with Crippen molar-refractivity contribution in [3.8, 4) is 5.75 Å². The van der Waals surface area contributed by atoms with Crippen LogP contribution in [0.5, 0.6) is 5.75 Å². The van der Waals surface area contributed by atoms with Crippen LogP contribution in [0.2, 0.25) is 0 Å².